The second kappa shape index (κ2) is 5.02. The molecule has 3 N–H and O–H groups in total. The van der Waals surface area contributed by atoms with Crippen molar-refractivity contribution in [1.82, 2.24) is 9.78 Å². The van der Waals surface area contributed by atoms with Gasteiger partial charge in [0.05, 0.1) is 10.6 Å². The Kier molecular flexibility index (Phi) is 3.59. The summed E-state index contributed by atoms with van der Waals surface area (Å²) in [5.74, 6) is 0. The maximum atomic E-state index is 11.3. The van der Waals surface area contributed by atoms with Gasteiger partial charge in [0.2, 0.25) is 10.0 Å². The van der Waals surface area contributed by atoms with E-state index in [2.05, 4.69) is 10.4 Å². The Bertz CT molecular complexity index is 692. The smallest absolute Gasteiger partial charge is 0.238 e. The number of benzene rings is 1. The van der Waals surface area contributed by atoms with Crippen LogP contribution in [-0.4, -0.2) is 18.2 Å². The summed E-state index contributed by atoms with van der Waals surface area (Å²) in [7, 11) is -1.81. The lowest BCUT2D eigenvalue weighted by Crippen LogP contribution is -2.12. The van der Waals surface area contributed by atoms with Crippen molar-refractivity contribution in [2.24, 2.45) is 12.2 Å². The Morgan fingerprint density at radius 1 is 1.42 bits per heavy atom. The molecule has 2 rings (SSSR count). The molecule has 0 fully saturated rings. The molecule has 1 heterocycles. The third-order valence-corrected chi connectivity index (χ3v) is 3.67. The van der Waals surface area contributed by atoms with E-state index >= 15 is 0 Å². The second-order valence-corrected chi connectivity index (χ2v) is 5.90. The van der Waals surface area contributed by atoms with Crippen molar-refractivity contribution in [1.29, 1.82) is 0 Å². The molecule has 19 heavy (non-hydrogen) atoms. The van der Waals surface area contributed by atoms with Crippen molar-refractivity contribution in [2.45, 2.75) is 18.4 Å². The highest BCUT2D eigenvalue weighted by Gasteiger charge is 2.08. The molecule has 102 valence electrons. The molecule has 0 saturated heterocycles. The molecule has 0 spiro atoms. The number of nitrogens with zero attached hydrogens (tertiary/aromatic N) is 2. The average Bonchev–Trinajstić information content (AvgIpc) is 2.64. The number of sulfonamides is 1. The van der Waals surface area contributed by atoms with Gasteiger partial charge in [-0.1, -0.05) is 6.07 Å². The molecule has 7 heteroatoms. The number of aromatic nitrogens is 2. The minimum absolute atomic E-state index is 0.0976. The van der Waals surface area contributed by atoms with Crippen LogP contribution in [0.2, 0.25) is 0 Å². The molecule has 0 aliphatic rings. The number of rotatable bonds is 4. The number of anilines is 1. The Hall–Kier alpha value is -1.86. The zero-order valence-electron chi connectivity index (χ0n) is 10.8. The Balaban J connectivity index is 2.14. The van der Waals surface area contributed by atoms with Crippen molar-refractivity contribution in [3.63, 3.8) is 0 Å². The molecule has 0 atom stereocenters. The normalized spacial score (nSPS) is 11.5. The van der Waals surface area contributed by atoms with Gasteiger partial charge >= 0.3 is 0 Å². The minimum atomic E-state index is -3.67. The summed E-state index contributed by atoms with van der Waals surface area (Å²) in [6.45, 7) is 2.51. The number of nitrogens with two attached hydrogens (primary N) is 1. The molecule has 0 radical (unpaired) electrons. The average molecular weight is 280 g/mol. The molecule has 2 aromatic rings. The first-order chi connectivity index (χ1) is 8.86. The molecule has 1 aromatic heterocycles. The van der Waals surface area contributed by atoms with Gasteiger partial charge in [0.1, 0.15) is 0 Å². The van der Waals surface area contributed by atoms with Crippen molar-refractivity contribution in [3.05, 3.63) is 41.7 Å². The molecule has 1 aromatic carbocycles. The summed E-state index contributed by atoms with van der Waals surface area (Å²) in [5, 5.41) is 12.5. The molecule has 0 unspecified atom stereocenters. The number of aryl methyl sites for hydroxylation is 2. The van der Waals surface area contributed by atoms with Gasteiger partial charge in [0, 0.05) is 31.0 Å². The van der Waals surface area contributed by atoms with Crippen LogP contribution in [0.15, 0.2) is 35.4 Å². The topological polar surface area (TPSA) is 90.0 Å². The molecule has 0 aliphatic carbocycles. The van der Waals surface area contributed by atoms with Gasteiger partial charge in [0.25, 0.3) is 0 Å². The highest BCUT2D eigenvalue weighted by atomic mass is 32.2. The number of nitrogens with one attached hydrogen (secondary N) is 1. The maximum absolute atomic E-state index is 11.3. The van der Waals surface area contributed by atoms with E-state index in [0.29, 0.717) is 12.2 Å². The van der Waals surface area contributed by atoms with Crippen LogP contribution in [0, 0.1) is 6.92 Å². The van der Waals surface area contributed by atoms with Gasteiger partial charge in [-0.25, -0.2) is 13.6 Å². The summed E-state index contributed by atoms with van der Waals surface area (Å²) in [6.07, 6.45) is 1.92. The van der Waals surface area contributed by atoms with E-state index in [1.807, 2.05) is 20.2 Å². The Morgan fingerprint density at radius 3 is 2.74 bits per heavy atom. The predicted octanol–water partition coefficient (Wildman–Crippen LogP) is 0.988. The monoisotopic (exact) mass is 280 g/mol. The van der Waals surface area contributed by atoms with Crippen LogP contribution >= 0.6 is 0 Å². The Morgan fingerprint density at radius 2 is 2.16 bits per heavy atom. The molecule has 0 amide bonds. The van der Waals surface area contributed by atoms with Crippen molar-refractivity contribution < 1.29 is 8.42 Å². The molecule has 0 saturated carbocycles. The lowest BCUT2D eigenvalue weighted by Gasteiger charge is -2.07. The fourth-order valence-corrected chi connectivity index (χ4v) is 2.36. The van der Waals surface area contributed by atoms with Crippen LogP contribution in [0.4, 0.5) is 5.69 Å². The van der Waals surface area contributed by atoms with Crippen molar-refractivity contribution in [2.75, 3.05) is 5.32 Å². The van der Waals surface area contributed by atoms with Gasteiger partial charge in [-0.2, -0.15) is 5.10 Å². The molecule has 6 nitrogen and oxygen atoms in total. The summed E-state index contributed by atoms with van der Waals surface area (Å²) in [6, 6.07) is 6.43. The molecule has 0 aliphatic heterocycles. The van der Waals surface area contributed by atoms with Crippen LogP contribution < -0.4 is 10.5 Å². The van der Waals surface area contributed by atoms with E-state index < -0.39 is 10.0 Å². The van der Waals surface area contributed by atoms with E-state index in [0.717, 1.165) is 11.3 Å². The first-order valence-corrected chi connectivity index (χ1v) is 7.27. The standard InChI is InChI=1S/C12H16N4O2S/c1-9-10(8-16(2)15-9)7-14-11-4-3-5-12(6-11)19(13,17)18/h3-6,8,14H,7H2,1-2H3,(H2,13,17,18). The van der Waals surface area contributed by atoms with E-state index in [9.17, 15) is 8.42 Å². The minimum Gasteiger partial charge on any atom is -0.381 e. The Labute approximate surface area is 112 Å². The van der Waals surface area contributed by atoms with Crippen LogP contribution in [0.5, 0.6) is 0 Å². The highest BCUT2D eigenvalue weighted by Crippen LogP contribution is 2.15. The van der Waals surface area contributed by atoms with Gasteiger partial charge in [-0.15, -0.1) is 0 Å². The van der Waals surface area contributed by atoms with E-state index in [-0.39, 0.29) is 4.90 Å². The number of hydrogen-bond acceptors (Lipinski definition) is 4. The van der Waals surface area contributed by atoms with Crippen molar-refractivity contribution >= 4 is 15.7 Å². The predicted molar refractivity (Wildman–Crippen MR) is 73.1 cm³/mol. The van der Waals surface area contributed by atoms with Crippen LogP contribution in [-0.2, 0) is 23.6 Å². The van der Waals surface area contributed by atoms with Gasteiger partial charge < -0.3 is 5.32 Å². The first-order valence-electron chi connectivity index (χ1n) is 5.72. The van der Waals surface area contributed by atoms with Gasteiger partial charge in [-0.05, 0) is 25.1 Å². The van der Waals surface area contributed by atoms with Crippen LogP contribution in [0.3, 0.4) is 0 Å². The summed E-state index contributed by atoms with van der Waals surface area (Å²) < 4.78 is 24.3. The third kappa shape index (κ3) is 3.33. The zero-order chi connectivity index (χ0) is 14.0. The summed E-state index contributed by atoms with van der Waals surface area (Å²) >= 11 is 0. The fourth-order valence-electron chi connectivity index (χ4n) is 1.80. The van der Waals surface area contributed by atoms with E-state index in [1.165, 1.54) is 12.1 Å². The van der Waals surface area contributed by atoms with Gasteiger partial charge in [-0.3, -0.25) is 4.68 Å². The second-order valence-electron chi connectivity index (χ2n) is 4.34. The van der Waals surface area contributed by atoms with E-state index in [1.54, 1.807) is 16.8 Å². The summed E-state index contributed by atoms with van der Waals surface area (Å²) in [4.78, 5) is 0.0976. The van der Waals surface area contributed by atoms with Gasteiger partial charge in [0.15, 0.2) is 0 Å². The largest absolute Gasteiger partial charge is 0.381 e. The highest BCUT2D eigenvalue weighted by molar-refractivity contribution is 7.89. The van der Waals surface area contributed by atoms with Crippen molar-refractivity contribution in [3.8, 4) is 0 Å². The SMILES string of the molecule is Cc1nn(C)cc1CNc1cccc(S(N)(=O)=O)c1. The summed E-state index contributed by atoms with van der Waals surface area (Å²) in [5.41, 5.74) is 2.70. The van der Waals surface area contributed by atoms with Crippen LogP contribution in [0.1, 0.15) is 11.3 Å². The zero-order valence-corrected chi connectivity index (χ0v) is 11.6. The molecular weight excluding hydrogens is 264 g/mol. The number of hydrogen-bond donors (Lipinski definition) is 2. The maximum Gasteiger partial charge on any atom is 0.238 e. The lowest BCUT2D eigenvalue weighted by molar-refractivity contribution is 0.598. The molecule has 0 bridgehead atoms. The first kappa shape index (κ1) is 13.6. The third-order valence-electron chi connectivity index (χ3n) is 2.76. The van der Waals surface area contributed by atoms with Crippen LogP contribution in [0.25, 0.3) is 0 Å². The number of primary sulfonamides is 1. The fraction of sp³-hybridized carbons (Fsp3) is 0.250. The lowest BCUT2D eigenvalue weighted by atomic mass is 10.2. The molecular formula is C12H16N4O2S. The van der Waals surface area contributed by atoms with E-state index in [4.69, 9.17) is 5.14 Å². The quantitative estimate of drug-likeness (QED) is 0.873.